The number of amides is 1. The zero-order valence-corrected chi connectivity index (χ0v) is 18.4. The van der Waals surface area contributed by atoms with Crippen LogP contribution in [0, 0.1) is 12.8 Å². The first kappa shape index (κ1) is 21.7. The monoisotopic (exact) mass is 435 g/mol. The average molecular weight is 436 g/mol. The van der Waals surface area contributed by atoms with Crippen molar-refractivity contribution < 1.29 is 13.2 Å². The van der Waals surface area contributed by atoms with Crippen molar-refractivity contribution in [2.75, 3.05) is 18.4 Å². The molecule has 0 unspecified atom stereocenters. The molecule has 0 radical (unpaired) electrons. The minimum absolute atomic E-state index is 0.00561. The van der Waals surface area contributed by atoms with E-state index < -0.39 is 10.0 Å². The molecule has 1 N–H and O–H groups in total. The zero-order chi connectivity index (χ0) is 21.2. The first-order valence-corrected chi connectivity index (χ1v) is 11.5. The van der Waals surface area contributed by atoms with Crippen LogP contribution in [0.25, 0.3) is 0 Å². The number of para-hydroxylation sites is 1. The van der Waals surface area contributed by atoms with Crippen molar-refractivity contribution in [2.45, 2.75) is 44.4 Å². The number of piperidine rings is 1. The van der Waals surface area contributed by atoms with Crippen LogP contribution >= 0.6 is 11.6 Å². The zero-order valence-electron chi connectivity index (χ0n) is 16.9. The fourth-order valence-corrected chi connectivity index (χ4v) is 5.53. The Morgan fingerprint density at radius 2 is 1.90 bits per heavy atom. The number of aryl methyl sites for hydroxylation is 1. The summed E-state index contributed by atoms with van der Waals surface area (Å²) in [6, 6.07) is 9.00. The molecule has 1 amide bonds. The first-order valence-electron chi connectivity index (χ1n) is 9.73. The summed E-state index contributed by atoms with van der Waals surface area (Å²) in [5.41, 5.74) is 2.99. The van der Waals surface area contributed by atoms with Gasteiger partial charge in [-0.1, -0.05) is 43.6 Å². The summed E-state index contributed by atoms with van der Waals surface area (Å²) in [5, 5.41) is 3.05. The smallest absolute Gasteiger partial charge is 0.246 e. The summed E-state index contributed by atoms with van der Waals surface area (Å²) in [4.78, 5) is 16.7. The molecule has 1 aliphatic rings. The van der Waals surface area contributed by atoms with E-state index in [2.05, 4.69) is 24.1 Å². The van der Waals surface area contributed by atoms with E-state index >= 15 is 0 Å². The van der Waals surface area contributed by atoms with Gasteiger partial charge in [-0.3, -0.25) is 4.79 Å². The summed E-state index contributed by atoms with van der Waals surface area (Å²) < 4.78 is 27.1. The Morgan fingerprint density at radius 1 is 1.21 bits per heavy atom. The second kappa shape index (κ2) is 8.81. The van der Waals surface area contributed by atoms with Gasteiger partial charge in [0.2, 0.25) is 15.9 Å². The Labute approximate surface area is 177 Å². The van der Waals surface area contributed by atoms with Gasteiger partial charge in [0.15, 0.2) is 0 Å². The van der Waals surface area contributed by atoms with E-state index in [1.54, 1.807) is 6.07 Å². The molecule has 1 aromatic heterocycles. The summed E-state index contributed by atoms with van der Waals surface area (Å²) >= 11 is 5.97. The molecule has 29 heavy (non-hydrogen) atoms. The van der Waals surface area contributed by atoms with Gasteiger partial charge in [0.1, 0.15) is 10.0 Å². The lowest BCUT2D eigenvalue weighted by Gasteiger charge is -2.31. The van der Waals surface area contributed by atoms with Gasteiger partial charge in [-0.25, -0.2) is 13.4 Å². The molecular formula is C21H26ClN3O3S. The number of rotatable bonds is 5. The number of anilines is 1. The molecule has 6 nitrogen and oxygen atoms in total. The fraction of sp³-hybridized carbons (Fsp3) is 0.429. The molecule has 0 spiro atoms. The number of benzene rings is 1. The number of carbonyl (C=O) groups excluding carboxylic acids is 1. The maximum Gasteiger partial charge on any atom is 0.246 e. The lowest BCUT2D eigenvalue weighted by molar-refractivity contribution is -0.120. The van der Waals surface area contributed by atoms with Gasteiger partial charge in [-0.15, -0.1) is 0 Å². The lowest BCUT2D eigenvalue weighted by Crippen LogP contribution is -2.41. The quantitative estimate of drug-likeness (QED) is 0.713. The largest absolute Gasteiger partial charge is 0.325 e. The van der Waals surface area contributed by atoms with Crippen LogP contribution in [0.3, 0.4) is 0 Å². The van der Waals surface area contributed by atoms with Gasteiger partial charge in [0.25, 0.3) is 0 Å². The Morgan fingerprint density at radius 3 is 2.52 bits per heavy atom. The van der Waals surface area contributed by atoms with Crippen molar-refractivity contribution in [3.63, 3.8) is 0 Å². The van der Waals surface area contributed by atoms with E-state index in [0.717, 1.165) is 16.8 Å². The van der Waals surface area contributed by atoms with E-state index in [-0.39, 0.29) is 35.0 Å². The minimum Gasteiger partial charge on any atom is -0.325 e. The molecule has 2 aromatic rings. The van der Waals surface area contributed by atoms with E-state index in [1.807, 2.05) is 25.1 Å². The number of hydrogen-bond donors (Lipinski definition) is 1. The van der Waals surface area contributed by atoms with Crippen LogP contribution in [0.5, 0.6) is 0 Å². The third-order valence-corrected chi connectivity index (χ3v) is 7.69. The molecule has 0 bridgehead atoms. The normalized spacial score (nSPS) is 16.2. The predicted molar refractivity (Wildman–Crippen MR) is 115 cm³/mol. The number of halogens is 1. The number of hydrogen-bond acceptors (Lipinski definition) is 4. The molecule has 1 saturated heterocycles. The van der Waals surface area contributed by atoms with Crippen molar-refractivity contribution in [3.8, 4) is 0 Å². The predicted octanol–water partition coefficient (Wildman–Crippen LogP) is 4.21. The van der Waals surface area contributed by atoms with Gasteiger partial charge in [-0.2, -0.15) is 4.31 Å². The van der Waals surface area contributed by atoms with Crippen molar-refractivity contribution in [1.82, 2.24) is 9.29 Å². The van der Waals surface area contributed by atoms with Crippen LogP contribution in [0.2, 0.25) is 5.15 Å². The van der Waals surface area contributed by atoms with Crippen molar-refractivity contribution in [2.24, 2.45) is 5.92 Å². The average Bonchev–Trinajstić information content (AvgIpc) is 2.69. The standard InChI is InChI=1S/C21H26ClN3O3S/c1-14(2)17-7-4-6-15(3)19(17)24-21(26)16-9-12-25(13-10-16)29(27,28)18-8-5-11-23-20(18)22/h4-8,11,14,16H,9-10,12-13H2,1-3H3,(H,24,26). The number of sulfonamides is 1. The third kappa shape index (κ3) is 4.63. The highest BCUT2D eigenvalue weighted by molar-refractivity contribution is 7.89. The number of nitrogens with zero attached hydrogens (tertiary/aromatic N) is 2. The highest BCUT2D eigenvalue weighted by atomic mass is 35.5. The Bertz CT molecular complexity index is 1000. The molecule has 3 rings (SSSR count). The van der Waals surface area contributed by atoms with Crippen molar-refractivity contribution in [1.29, 1.82) is 0 Å². The molecule has 156 valence electrons. The number of aromatic nitrogens is 1. The number of pyridine rings is 1. The summed E-state index contributed by atoms with van der Waals surface area (Å²) in [7, 11) is -3.72. The van der Waals surface area contributed by atoms with Crippen molar-refractivity contribution in [3.05, 3.63) is 52.8 Å². The summed E-state index contributed by atoms with van der Waals surface area (Å²) in [5.74, 6) is 0.00418. The Kier molecular flexibility index (Phi) is 6.61. The van der Waals surface area contributed by atoms with E-state index in [9.17, 15) is 13.2 Å². The van der Waals surface area contributed by atoms with E-state index in [0.29, 0.717) is 18.8 Å². The van der Waals surface area contributed by atoms with E-state index in [4.69, 9.17) is 11.6 Å². The Balaban J connectivity index is 1.69. The highest BCUT2D eigenvalue weighted by Gasteiger charge is 2.33. The van der Waals surface area contributed by atoms with Gasteiger partial charge in [0, 0.05) is 30.9 Å². The van der Waals surface area contributed by atoms with Crippen LogP contribution in [0.15, 0.2) is 41.4 Å². The molecule has 0 aliphatic carbocycles. The third-order valence-electron chi connectivity index (χ3n) is 5.34. The van der Waals surface area contributed by atoms with E-state index in [1.165, 1.54) is 16.6 Å². The van der Waals surface area contributed by atoms with Crippen molar-refractivity contribution >= 4 is 33.2 Å². The number of carbonyl (C=O) groups is 1. The maximum atomic E-state index is 12.9. The van der Waals surface area contributed by atoms with Gasteiger partial charge >= 0.3 is 0 Å². The molecule has 0 atom stereocenters. The van der Waals surface area contributed by atoms with Gasteiger partial charge < -0.3 is 5.32 Å². The molecule has 1 fully saturated rings. The molecule has 1 aliphatic heterocycles. The van der Waals surface area contributed by atoms with Crippen LogP contribution < -0.4 is 5.32 Å². The lowest BCUT2D eigenvalue weighted by atomic mass is 9.95. The fourth-order valence-electron chi connectivity index (χ4n) is 3.63. The second-order valence-corrected chi connectivity index (χ2v) is 9.92. The van der Waals surface area contributed by atoms with Crippen LogP contribution in [0.4, 0.5) is 5.69 Å². The number of nitrogens with one attached hydrogen (secondary N) is 1. The van der Waals surface area contributed by atoms with Gasteiger partial charge in [-0.05, 0) is 48.9 Å². The highest BCUT2D eigenvalue weighted by Crippen LogP contribution is 2.30. The minimum atomic E-state index is -3.72. The molecular weight excluding hydrogens is 410 g/mol. The van der Waals surface area contributed by atoms with Gasteiger partial charge in [0.05, 0.1) is 0 Å². The molecule has 1 aromatic carbocycles. The maximum absolute atomic E-state index is 12.9. The SMILES string of the molecule is Cc1cccc(C(C)C)c1NC(=O)C1CCN(S(=O)(=O)c2cccnc2Cl)CC1. The topological polar surface area (TPSA) is 79.4 Å². The second-order valence-electron chi connectivity index (χ2n) is 7.65. The molecule has 8 heteroatoms. The summed E-state index contributed by atoms with van der Waals surface area (Å²) in [6.07, 6.45) is 2.38. The summed E-state index contributed by atoms with van der Waals surface area (Å²) in [6.45, 7) is 6.72. The van der Waals surface area contributed by atoms with Crippen LogP contribution in [0.1, 0.15) is 43.7 Å². The van der Waals surface area contributed by atoms with Crippen LogP contribution in [-0.2, 0) is 14.8 Å². The van der Waals surface area contributed by atoms with Crippen LogP contribution in [-0.4, -0.2) is 36.7 Å². The first-order chi connectivity index (χ1) is 13.7. The molecule has 0 saturated carbocycles. The Hall–Kier alpha value is -1.96. The molecule has 2 heterocycles.